The molecule has 0 bridgehead atoms. The Morgan fingerprint density at radius 1 is 1.28 bits per heavy atom. The van der Waals surface area contributed by atoms with Gasteiger partial charge in [-0.25, -0.2) is 4.39 Å². The number of ether oxygens (including phenoxy) is 1. The summed E-state index contributed by atoms with van der Waals surface area (Å²) in [5.74, 6) is 0.00231. The third kappa shape index (κ3) is 4.55. The van der Waals surface area contributed by atoms with E-state index in [2.05, 4.69) is 6.58 Å². The maximum absolute atomic E-state index is 14.3. The van der Waals surface area contributed by atoms with Gasteiger partial charge in [0.1, 0.15) is 5.75 Å². The van der Waals surface area contributed by atoms with Gasteiger partial charge in [-0.05, 0) is 67.6 Å². The van der Waals surface area contributed by atoms with Crippen molar-refractivity contribution in [3.63, 3.8) is 0 Å². The summed E-state index contributed by atoms with van der Waals surface area (Å²) < 4.78 is 31.8. The predicted octanol–water partition coefficient (Wildman–Crippen LogP) is 4.14. The summed E-state index contributed by atoms with van der Waals surface area (Å²) in [6.45, 7) is 7.01. The topological polar surface area (TPSA) is 78.8 Å². The van der Waals surface area contributed by atoms with Crippen molar-refractivity contribution in [2.24, 2.45) is 0 Å². The van der Waals surface area contributed by atoms with Crippen LogP contribution in [0.5, 0.6) is 11.5 Å². The van der Waals surface area contributed by atoms with E-state index in [1.54, 1.807) is 32.1 Å². The average molecular weight is 365 g/mol. The van der Waals surface area contributed by atoms with Crippen molar-refractivity contribution in [1.29, 1.82) is 0 Å². The van der Waals surface area contributed by atoms with E-state index in [4.69, 9.17) is 9.94 Å². The normalized spacial score (nSPS) is 13.3. The molecule has 0 spiro atoms. The van der Waals surface area contributed by atoms with Crippen molar-refractivity contribution in [3.8, 4) is 11.5 Å². The van der Waals surface area contributed by atoms with Gasteiger partial charge in [0, 0.05) is 0 Å². The first-order valence-electron chi connectivity index (χ1n) is 7.71. The van der Waals surface area contributed by atoms with Gasteiger partial charge >= 0.3 is 7.52 Å². The SMILES string of the molecule is C=CCCc1ccc(Oc2c(C)cc(P(=O)(O)NO)cc2C)c(F)c1. The molecule has 0 saturated heterocycles. The summed E-state index contributed by atoms with van der Waals surface area (Å²) in [6.07, 6.45) is 3.24. The molecule has 0 aliphatic carbocycles. The van der Waals surface area contributed by atoms with Crippen molar-refractivity contribution in [2.75, 3.05) is 0 Å². The first-order chi connectivity index (χ1) is 11.8. The fourth-order valence-corrected chi connectivity index (χ4v) is 3.34. The minimum Gasteiger partial charge on any atom is -0.454 e. The van der Waals surface area contributed by atoms with Crippen LogP contribution >= 0.6 is 7.52 Å². The van der Waals surface area contributed by atoms with Crippen LogP contribution in [0, 0.1) is 19.7 Å². The van der Waals surface area contributed by atoms with Gasteiger partial charge < -0.3 is 14.8 Å². The molecule has 0 aliphatic heterocycles. The number of benzene rings is 2. The zero-order valence-corrected chi connectivity index (χ0v) is 15.0. The molecular weight excluding hydrogens is 344 g/mol. The third-order valence-electron chi connectivity index (χ3n) is 3.78. The van der Waals surface area contributed by atoms with Crippen LogP contribution in [0.2, 0.25) is 0 Å². The minimum atomic E-state index is -4.04. The maximum Gasteiger partial charge on any atom is 0.319 e. The highest BCUT2D eigenvalue weighted by atomic mass is 31.2. The quantitative estimate of drug-likeness (QED) is 0.390. The van der Waals surface area contributed by atoms with Gasteiger partial charge in [-0.15, -0.1) is 11.8 Å². The second-order valence-electron chi connectivity index (χ2n) is 5.78. The summed E-state index contributed by atoms with van der Waals surface area (Å²) in [5, 5.41) is 10.3. The lowest BCUT2D eigenvalue weighted by molar-refractivity contribution is 0.226. The number of nitrogens with one attached hydrogen (secondary N) is 1. The van der Waals surface area contributed by atoms with Crippen LogP contribution in [0.25, 0.3) is 0 Å². The molecule has 3 N–H and O–H groups in total. The lowest BCUT2D eigenvalue weighted by atomic mass is 10.1. The van der Waals surface area contributed by atoms with Crippen molar-refractivity contribution >= 4 is 12.8 Å². The molecule has 0 fully saturated rings. The number of allylic oxidation sites excluding steroid dienone is 1. The van der Waals surface area contributed by atoms with Gasteiger partial charge in [-0.1, -0.05) is 12.1 Å². The Bertz CT molecular complexity index is 815. The Kier molecular flexibility index (Phi) is 6.14. The Labute approximate surface area is 146 Å². The molecule has 134 valence electrons. The number of halogens is 1. The van der Waals surface area contributed by atoms with Gasteiger partial charge in [0.25, 0.3) is 0 Å². The van der Waals surface area contributed by atoms with E-state index in [0.29, 0.717) is 23.3 Å². The molecule has 1 unspecified atom stereocenters. The lowest BCUT2D eigenvalue weighted by Gasteiger charge is -2.16. The maximum atomic E-state index is 14.3. The van der Waals surface area contributed by atoms with Gasteiger partial charge in [0.2, 0.25) is 0 Å². The molecule has 2 rings (SSSR count). The third-order valence-corrected chi connectivity index (χ3v) is 5.01. The monoisotopic (exact) mass is 365 g/mol. The number of hydrogen-bond acceptors (Lipinski definition) is 3. The van der Waals surface area contributed by atoms with Crippen molar-refractivity contribution in [3.05, 3.63) is 65.5 Å². The highest BCUT2D eigenvalue weighted by molar-refractivity contribution is 7.63. The second-order valence-corrected chi connectivity index (χ2v) is 7.65. The molecule has 25 heavy (non-hydrogen) atoms. The summed E-state index contributed by atoms with van der Waals surface area (Å²) in [4.78, 5) is 9.66. The standard InChI is InChI=1S/C18H21FNO4P/c1-4-5-6-14-7-8-17(16(19)11-14)24-18-12(2)9-15(10-13(18)3)25(22,23)20-21/h4,7-11,21H,1,5-6H2,2-3H3,(H2,20,22,23). The zero-order valence-electron chi connectivity index (χ0n) is 14.1. The van der Waals surface area contributed by atoms with Gasteiger partial charge in [0.05, 0.1) is 5.30 Å². The number of aryl methyl sites for hydroxylation is 3. The smallest absolute Gasteiger partial charge is 0.319 e. The fourth-order valence-electron chi connectivity index (χ4n) is 2.48. The van der Waals surface area contributed by atoms with Crippen LogP contribution in [0.1, 0.15) is 23.1 Å². The van der Waals surface area contributed by atoms with Gasteiger partial charge in [-0.2, -0.15) is 0 Å². The molecule has 5 nitrogen and oxygen atoms in total. The van der Waals surface area contributed by atoms with Crippen LogP contribution in [0.4, 0.5) is 4.39 Å². The average Bonchev–Trinajstić information content (AvgIpc) is 2.57. The zero-order chi connectivity index (χ0) is 18.6. The highest BCUT2D eigenvalue weighted by Gasteiger charge is 2.22. The molecule has 0 amide bonds. The molecular formula is C18H21FNO4P. The Morgan fingerprint density at radius 3 is 2.44 bits per heavy atom. The van der Waals surface area contributed by atoms with E-state index in [0.717, 1.165) is 12.0 Å². The highest BCUT2D eigenvalue weighted by Crippen LogP contribution is 2.37. The van der Waals surface area contributed by atoms with Crippen molar-refractivity contribution in [1.82, 2.24) is 5.25 Å². The Balaban J connectivity index is 2.32. The van der Waals surface area contributed by atoms with Crippen molar-refractivity contribution < 1.29 is 23.8 Å². The summed E-state index contributed by atoms with van der Waals surface area (Å²) in [6, 6.07) is 7.62. The van der Waals surface area contributed by atoms with E-state index in [1.165, 1.54) is 23.4 Å². The molecule has 0 radical (unpaired) electrons. The Morgan fingerprint density at radius 2 is 1.92 bits per heavy atom. The molecule has 0 aliphatic rings. The predicted molar refractivity (Wildman–Crippen MR) is 95.3 cm³/mol. The van der Waals surface area contributed by atoms with Gasteiger partial charge in [0.15, 0.2) is 11.6 Å². The number of rotatable bonds is 7. The van der Waals surface area contributed by atoms with Crippen LogP contribution in [0.3, 0.4) is 0 Å². The van der Waals surface area contributed by atoms with E-state index < -0.39 is 13.3 Å². The first-order valence-corrected chi connectivity index (χ1v) is 9.37. The molecule has 0 aromatic heterocycles. The molecule has 7 heteroatoms. The van der Waals surface area contributed by atoms with E-state index in [1.807, 2.05) is 0 Å². The summed E-state index contributed by atoms with van der Waals surface area (Å²) in [7, 11) is -4.04. The molecule has 1 atom stereocenters. The van der Waals surface area contributed by atoms with Crippen LogP contribution in [-0.2, 0) is 11.0 Å². The molecule has 0 saturated carbocycles. The Hall–Kier alpha value is -1.98. The van der Waals surface area contributed by atoms with Crippen molar-refractivity contribution in [2.45, 2.75) is 26.7 Å². The van der Waals surface area contributed by atoms with Crippen LogP contribution in [-0.4, -0.2) is 10.1 Å². The fraction of sp³-hybridized carbons (Fsp3) is 0.222. The lowest BCUT2D eigenvalue weighted by Crippen LogP contribution is -2.16. The van der Waals surface area contributed by atoms with E-state index >= 15 is 0 Å². The van der Waals surface area contributed by atoms with E-state index in [-0.39, 0.29) is 11.1 Å². The first kappa shape index (κ1) is 19.3. The summed E-state index contributed by atoms with van der Waals surface area (Å²) in [5.41, 5.74) is 1.95. The minimum absolute atomic E-state index is 0.0394. The van der Waals surface area contributed by atoms with Crippen LogP contribution in [0.15, 0.2) is 43.0 Å². The van der Waals surface area contributed by atoms with E-state index in [9.17, 15) is 13.8 Å². The summed E-state index contributed by atoms with van der Waals surface area (Å²) >= 11 is 0. The van der Waals surface area contributed by atoms with Crippen LogP contribution < -0.4 is 15.3 Å². The number of hydrogen-bond donors (Lipinski definition) is 3. The molecule has 0 heterocycles. The van der Waals surface area contributed by atoms with Gasteiger partial charge in [-0.3, -0.25) is 4.57 Å². The largest absolute Gasteiger partial charge is 0.454 e. The second kappa shape index (κ2) is 7.93. The molecule has 2 aromatic carbocycles. The molecule has 2 aromatic rings.